The van der Waals surface area contributed by atoms with E-state index in [1.165, 1.54) is 11.5 Å². The van der Waals surface area contributed by atoms with Gasteiger partial charge >= 0.3 is 0 Å². The minimum Gasteiger partial charge on any atom is -0.374 e. The second kappa shape index (κ2) is 6.02. The number of nitrogens with zero attached hydrogens (tertiary/aromatic N) is 2. The molecule has 1 rings (SSSR count). The molecule has 0 unspecified atom stereocenters. The van der Waals surface area contributed by atoms with Crippen LogP contribution in [0.2, 0.25) is 0 Å². The van der Waals surface area contributed by atoms with Gasteiger partial charge in [0.2, 0.25) is 0 Å². The number of hydrogen-bond donors (Lipinski definition) is 1. The standard InChI is InChI=1S/C13H21N3S/c1-8(2)12(9(3)4)7-15-13-11(6-14)10(5)16-17-13/h8-9,12,15H,7H2,1-5H3. The Morgan fingerprint density at radius 1 is 1.29 bits per heavy atom. The summed E-state index contributed by atoms with van der Waals surface area (Å²) in [4.78, 5) is 0. The minimum absolute atomic E-state index is 0.615. The number of anilines is 1. The van der Waals surface area contributed by atoms with E-state index in [2.05, 4.69) is 43.5 Å². The topological polar surface area (TPSA) is 48.7 Å². The third-order valence-electron chi connectivity index (χ3n) is 3.19. The molecule has 0 saturated heterocycles. The molecule has 0 aliphatic heterocycles. The lowest BCUT2D eigenvalue weighted by molar-refractivity contribution is 0.304. The van der Waals surface area contributed by atoms with Gasteiger partial charge in [-0.05, 0) is 36.2 Å². The molecule has 1 aromatic heterocycles. The predicted molar refractivity (Wildman–Crippen MR) is 73.2 cm³/mol. The molecule has 0 saturated carbocycles. The van der Waals surface area contributed by atoms with E-state index >= 15 is 0 Å². The van der Waals surface area contributed by atoms with Gasteiger partial charge in [0.1, 0.15) is 16.6 Å². The van der Waals surface area contributed by atoms with Crippen molar-refractivity contribution in [2.45, 2.75) is 34.6 Å². The quantitative estimate of drug-likeness (QED) is 0.868. The summed E-state index contributed by atoms with van der Waals surface area (Å²) in [6.45, 7) is 11.8. The van der Waals surface area contributed by atoms with Crippen molar-refractivity contribution in [3.05, 3.63) is 11.3 Å². The molecule has 0 spiro atoms. The highest BCUT2D eigenvalue weighted by atomic mass is 32.1. The van der Waals surface area contributed by atoms with Crippen molar-refractivity contribution in [1.82, 2.24) is 4.37 Å². The van der Waals surface area contributed by atoms with Gasteiger partial charge < -0.3 is 5.32 Å². The first-order valence-corrected chi connectivity index (χ1v) is 6.85. The molecule has 0 amide bonds. The van der Waals surface area contributed by atoms with Crippen LogP contribution in [0, 0.1) is 36.0 Å². The van der Waals surface area contributed by atoms with Crippen LogP contribution in [0.15, 0.2) is 0 Å². The first kappa shape index (κ1) is 14.0. The largest absolute Gasteiger partial charge is 0.374 e. The predicted octanol–water partition coefficient (Wildman–Crippen LogP) is 3.66. The first-order valence-electron chi connectivity index (χ1n) is 6.07. The van der Waals surface area contributed by atoms with Crippen LogP contribution in [0.4, 0.5) is 5.00 Å². The monoisotopic (exact) mass is 251 g/mol. The first-order chi connectivity index (χ1) is 7.97. The molecule has 17 heavy (non-hydrogen) atoms. The van der Waals surface area contributed by atoms with Gasteiger partial charge in [-0.1, -0.05) is 27.7 Å². The van der Waals surface area contributed by atoms with Crippen LogP contribution in [0.1, 0.15) is 39.0 Å². The fourth-order valence-corrected chi connectivity index (χ4v) is 2.83. The summed E-state index contributed by atoms with van der Waals surface area (Å²) in [5.41, 5.74) is 1.52. The van der Waals surface area contributed by atoms with Crippen molar-refractivity contribution in [2.24, 2.45) is 17.8 Å². The molecule has 0 aliphatic rings. The summed E-state index contributed by atoms with van der Waals surface area (Å²) in [6.07, 6.45) is 0. The Bertz CT molecular complexity index is 393. The average Bonchev–Trinajstić information content (AvgIpc) is 2.58. The highest BCUT2D eigenvalue weighted by Gasteiger charge is 2.18. The van der Waals surface area contributed by atoms with Gasteiger partial charge in [0.15, 0.2) is 0 Å². The van der Waals surface area contributed by atoms with Crippen molar-refractivity contribution in [2.75, 3.05) is 11.9 Å². The Morgan fingerprint density at radius 3 is 2.35 bits per heavy atom. The molecule has 1 heterocycles. The number of nitriles is 1. The van der Waals surface area contributed by atoms with E-state index in [0.717, 1.165) is 17.2 Å². The Kier molecular flexibility index (Phi) is 4.95. The van der Waals surface area contributed by atoms with Crippen LogP contribution in [0.3, 0.4) is 0 Å². The van der Waals surface area contributed by atoms with Crippen molar-refractivity contribution in [1.29, 1.82) is 5.26 Å². The van der Waals surface area contributed by atoms with Crippen molar-refractivity contribution >= 4 is 16.5 Å². The molecular weight excluding hydrogens is 230 g/mol. The Morgan fingerprint density at radius 2 is 1.88 bits per heavy atom. The normalized spacial score (nSPS) is 11.2. The van der Waals surface area contributed by atoms with Crippen molar-refractivity contribution in [3.63, 3.8) is 0 Å². The Hall–Kier alpha value is -1.08. The zero-order valence-electron chi connectivity index (χ0n) is 11.2. The SMILES string of the molecule is Cc1nsc(NCC(C(C)C)C(C)C)c1C#N. The molecular formula is C13H21N3S. The third kappa shape index (κ3) is 3.44. The maximum atomic E-state index is 9.05. The Labute approximate surface area is 108 Å². The number of rotatable bonds is 5. The molecule has 94 valence electrons. The van der Waals surface area contributed by atoms with Gasteiger partial charge in [-0.2, -0.15) is 9.64 Å². The third-order valence-corrected chi connectivity index (χ3v) is 4.08. The number of aryl methyl sites for hydroxylation is 1. The van der Waals surface area contributed by atoms with Crippen LogP contribution >= 0.6 is 11.5 Å². The van der Waals surface area contributed by atoms with Crippen LogP contribution in [-0.4, -0.2) is 10.9 Å². The molecule has 3 nitrogen and oxygen atoms in total. The molecule has 0 fully saturated rings. The van der Waals surface area contributed by atoms with Crippen LogP contribution in [-0.2, 0) is 0 Å². The molecule has 4 heteroatoms. The van der Waals surface area contributed by atoms with Crippen molar-refractivity contribution in [3.8, 4) is 6.07 Å². The molecule has 1 N–H and O–H groups in total. The highest BCUT2D eigenvalue weighted by Crippen LogP contribution is 2.26. The van der Waals surface area contributed by atoms with Crippen LogP contribution < -0.4 is 5.32 Å². The van der Waals surface area contributed by atoms with E-state index in [4.69, 9.17) is 5.26 Å². The molecule has 1 aromatic rings. The zero-order valence-corrected chi connectivity index (χ0v) is 12.1. The number of nitrogens with one attached hydrogen (secondary N) is 1. The fourth-order valence-electron chi connectivity index (χ4n) is 2.07. The van der Waals surface area contributed by atoms with Crippen molar-refractivity contribution < 1.29 is 0 Å². The van der Waals surface area contributed by atoms with E-state index in [1.807, 2.05) is 6.92 Å². The van der Waals surface area contributed by atoms with E-state index in [-0.39, 0.29) is 0 Å². The minimum atomic E-state index is 0.615. The smallest absolute Gasteiger partial charge is 0.127 e. The summed E-state index contributed by atoms with van der Waals surface area (Å²) in [6, 6.07) is 2.21. The van der Waals surface area contributed by atoms with Gasteiger partial charge in [0.25, 0.3) is 0 Å². The lowest BCUT2D eigenvalue weighted by Crippen LogP contribution is -2.24. The maximum Gasteiger partial charge on any atom is 0.127 e. The van der Waals surface area contributed by atoms with Gasteiger partial charge in [0, 0.05) is 6.54 Å². The highest BCUT2D eigenvalue weighted by molar-refractivity contribution is 7.10. The van der Waals surface area contributed by atoms with E-state index in [0.29, 0.717) is 23.3 Å². The second-order valence-corrected chi connectivity index (χ2v) is 5.89. The molecule has 0 radical (unpaired) electrons. The molecule has 0 atom stereocenters. The number of aromatic nitrogens is 1. The van der Waals surface area contributed by atoms with E-state index in [9.17, 15) is 0 Å². The summed E-state index contributed by atoms with van der Waals surface area (Å²) in [5, 5.41) is 13.3. The van der Waals surface area contributed by atoms with E-state index < -0.39 is 0 Å². The van der Waals surface area contributed by atoms with Gasteiger partial charge in [-0.3, -0.25) is 0 Å². The lowest BCUT2D eigenvalue weighted by atomic mass is 9.85. The van der Waals surface area contributed by atoms with E-state index in [1.54, 1.807) is 0 Å². The zero-order chi connectivity index (χ0) is 13.0. The molecule has 0 bridgehead atoms. The second-order valence-electron chi connectivity index (χ2n) is 5.12. The molecule has 0 aliphatic carbocycles. The summed E-state index contributed by atoms with van der Waals surface area (Å²) >= 11 is 1.38. The Balaban J connectivity index is 2.69. The van der Waals surface area contributed by atoms with Gasteiger partial charge in [-0.25, -0.2) is 0 Å². The van der Waals surface area contributed by atoms with Gasteiger partial charge in [-0.15, -0.1) is 0 Å². The summed E-state index contributed by atoms with van der Waals surface area (Å²) in [5.74, 6) is 1.90. The van der Waals surface area contributed by atoms with Crippen LogP contribution in [0.25, 0.3) is 0 Å². The van der Waals surface area contributed by atoms with Crippen LogP contribution in [0.5, 0.6) is 0 Å². The maximum absolute atomic E-state index is 9.05. The average molecular weight is 251 g/mol. The lowest BCUT2D eigenvalue weighted by Gasteiger charge is -2.25. The van der Waals surface area contributed by atoms with Gasteiger partial charge in [0.05, 0.1) is 5.69 Å². The molecule has 0 aromatic carbocycles. The number of hydrogen-bond acceptors (Lipinski definition) is 4. The summed E-state index contributed by atoms with van der Waals surface area (Å²) < 4.78 is 4.21. The fraction of sp³-hybridized carbons (Fsp3) is 0.692. The summed E-state index contributed by atoms with van der Waals surface area (Å²) in [7, 11) is 0.